The zero-order valence-electron chi connectivity index (χ0n) is 15.0. The summed E-state index contributed by atoms with van der Waals surface area (Å²) in [5.74, 6) is 0.416. The summed E-state index contributed by atoms with van der Waals surface area (Å²) in [5, 5.41) is 11.2. The molecule has 5 nitrogen and oxygen atoms in total. The average Bonchev–Trinajstić information content (AvgIpc) is 2.98. The molecule has 0 saturated carbocycles. The molecule has 26 heavy (non-hydrogen) atoms. The first kappa shape index (κ1) is 16.5. The molecule has 5 heteroatoms. The maximum Gasteiger partial charge on any atom is 0.152 e. The molecule has 0 spiro atoms. The number of fused-ring (bicyclic) bond motifs is 3. The van der Waals surface area contributed by atoms with E-state index in [0.717, 1.165) is 22.8 Å². The van der Waals surface area contributed by atoms with Crippen molar-refractivity contribution >= 4 is 27.8 Å². The molecule has 0 bridgehead atoms. The van der Waals surface area contributed by atoms with Crippen molar-refractivity contribution in [1.82, 2.24) is 14.5 Å². The normalized spacial score (nSPS) is 12.1. The van der Waals surface area contributed by atoms with E-state index in [4.69, 9.17) is 5.73 Å². The van der Waals surface area contributed by atoms with E-state index in [1.807, 2.05) is 22.8 Å². The van der Waals surface area contributed by atoms with Crippen molar-refractivity contribution in [1.29, 1.82) is 0 Å². The molecular formula is C21H22N4O. The summed E-state index contributed by atoms with van der Waals surface area (Å²) in [6.45, 7) is 4.00. The number of hydrogen-bond acceptors (Lipinski definition) is 4. The number of rotatable bonds is 4. The van der Waals surface area contributed by atoms with Gasteiger partial charge < -0.3 is 15.4 Å². The molecule has 0 aliphatic rings. The third-order valence-corrected chi connectivity index (χ3v) is 4.45. The lowest BCUT2D eigenvalue weighted by molar-refractivity contribution is 0.0627. The van der Waals surface area contributed by atoms with Crippen LogP contribution in [0.4, 0.5) is 5.82 Å². The number of imidazole rings is 1. The quantitative estimate of drug-likeness (QED) is 0.593. The zero-order valence-corrected chi connectivity index (χ0v) is 15.0. The van der Waals surface area contributed by atoms with Gasteiger partial charge in [0.1, 0.15) is 5.52 Å². The zero-order chi connectivity index (χ0) is 18.3. The number of benzene rings is 2. The summed E-state index contributed by atoms with van der Waals surface area (Å²) in [5.41, 5.74) is 10.2. The molecule has 0 saturated heterocycles. The van der Waals surface area contributed by atoms with Crippen molar-refractivity contribution in [3.63, 3.8) is 0 Å². The lowest BCUT2D eigenvalue weighted by Crippen LogP contribution is -2.25. The third-order valence-electron chi connectivity index (χ3n) is 4.45. The summed E-state index contributed by atoms with van der Waals surface area (Å²) >= 11 is 0. The van der Waals surface area contributed by atoms with Gasteiger partial charge >= 0.3 is 0 Å². The van der Waals surface area contributed by atoms with Gasteiger partial charge in [0.2, 0.25) is 0 Å². The number of pyridine rings is 1. The summed E-state index contributed by atoms with van der Waals surface area (Å²) in [7, 11) is 0. The molecule has 132 valence electrons. The molecule has 0 unspecified atom stereocenters. The van der Waals surface area contributed by atoms with Crippen molar-refractivity contribution in [3.05, 3.63) is 66.0 Å². The minimum absolute atomic E-state index is 0.416. The van der Waals surface area contributed by atoms with Crippen LogP contribution >= 0.6 is 0 Å². The Morgan fingerprint density at radius 1 is 1.08 bits per heavy atom. The molecule has 2 heterocycles. The van der Waals surface area contributed by atoms with E-state index in [1.54, 1.807) is 20.2 Å². The van der Waals surface area contributed by atoms with Crippen molar-refractivity contribution in [2.24, 2.45) is 0 Å². The number of aromatic nitrogens is 3. The maximum absolute atomic E-state index is 10.2. The van der Waals surface area contributed by atoms with Crippen molar-refractivity contribution in [2.75, 3.05) is 5.73 Å². The van der Waals surface area contributed by atoms with E-state index in [9.17, 15) is 5.11 Å². The highest BCUT2D eigenvalue weighted by molar-refractivity contribution is 6.06. The fraction of sp³-hybridized carbons (Fsp3) is 0.238. The Balaban J connectivity index is 1.84. The molecular weight excluding hydrogens is 324 g/mol. The maximum atomic E-state index is 10.2. The highest BCUT2D eigenvalue weighted by Gasteiger charge is 2.18. The molecule has 4 aromatic rings. The summed E-state index contributed by atoms with van der Waals surface area (Å²) in [6, 6.07) is 16.6. The number of nitrogens with zero attached hydrogens (tertiary/aromatic N) is 3. The Morgan fingerprint density at radius 3 is 2.58 bits per heavy atom. The standard InChI is InChI=1S/C21H22N4O/c1-21(2,26)12-25-13-23-18-19(25)16-9-8-15(11-17(16)24-20(18)22)10-14-6-4-3-5-7-14/h3-9,11,13,26H,10,12H2,1-2H3,(H2,22,24). The number of hydrogen-bond donors (Lipinski definition) is 2. The topological polar surface area (TPSA) is 77.0 Å². The Morgan fingerprint density at radius 2 is 1.85 bits per heavy atom. The monoisotopic (exact) mass is 346 g/mol. The van der Waals surface area contributed by atoms with Gasteiger partial charge in [-0.2, -0.15) is 0 Å². The smallest absolute Gasteiger partial charge is 0.152 e. The van der Waals surface area contributed by atoms with E-state index in [-0.39, 0.29) is 0 Å². The Kier molecular flexibility index (Phi) is 3.89. The van der Waals surface area contributed by atoms with Crippen molar-refractivity contribution < 1.29 is 5.11 Å². The van der Waals surface area contributed by atoms with Gasteiger partial charge in [0.25, 0.3) is 0 Å². The fourth-order valence-electron chi connectivity index (χ4n) is 3.38. The molecule has 0 aliphatic carbocycles. The van der Waals surface area contributed by atoms with Gasteiger partial charge in [-0.05, 0) is 37.5 Å². The predicted octanol–water partition coefficient (Wildman–Crippen LogP) is 3.53. The number of aliphatic hydroxyl groups is 1. The molecule has 0 atom stereocenters. The van der Waals surface area contributed by atoms with Crippen LogP contribution in [0.25, 0.3) is 21.9 Å². The molecule has 2 aromatic carbocycles. The van der Waals surface area contributed by atoms with Crippen LogP contribution in [0.3, 0.4) is 0 Å². The first-order chi connectivity index (χ1) is 12.4. The van der Waals surface area contributed by atoms with Gasteiger partial charge in [0.15, 0.2) is 5.82 Å². The van der Waals surface area contributed by atoms with Gasteiger partial charge in [-0.25, -0.2) is 9.97 Å². The van der Waals surface area contributed by atoms with Crippen LogP contribution in [-0.2, 0) is 13.0 Å². The Bertz CT molecular complexity index is 1080. The fourth-order valence-corrected chi connectivity index (χ4v) is 3.38. The molecule has 4 rings (SSSR count). The molecule has 0 radical (unpaired) electrons. The van der Waals surface area contributed by atoms with E-state index < -0.39 is 5.60 Å². The second kappa shape index (κ2) is 6.11. The second-order valence-electron chi connectivity index (χ2n) is 7.39. The van der Waals surface area contributed by atoms with Gasteiger partial charge in [-0.1, -0.05) is 42.5 Å². The lowest BCUT2D eigenvalue weighted by Gasteiger charge is -2.18. The Hall–Kier alpha value is -2.92. The van der Waals surface area contributed by atoms with Crippen LogP contribution in [-0.4, -0.2) is 25.2 Å². The highest BCUT2D eigenvalue weighted by Crippen LogP contribution is 2.29. The summed E-state index contributed by atoms with van der Waals surface area (Å²) in [6.07, 6.45) is 2.57. The van der Waals surface area contributed by atoms with Crippen LogP contribution < -0.4 is 5.73 Å². The molecule has 0 amide bonds. The van der Waals surface area contributed by atoms with Gasteiger partial charge in [0, 0.05) is 5.39 Å². The highest BCUT2D eigenvalue weighted by atomic mass is 16.3. The average molecular weight is 346 g/mol. The number of nitrogen functional groups attached to an aromatic ring is 1. The number of anilines is 1. The van der Waals surface area contributed by atoms with Crippen LogP contribution in [0.2, 0.25) is 0 Å². The van der Waals surface area contributed by atoms with E-state index in [2.05, 4.69) is 40.3 Å². The van der Waals surface area contributed by atoms with Crippen molar-refractivity contribution in [2.45, 2.75) is 32.4 Å². The molecule has 3 N–H and O–H groups in total. The van der Waals surface area contributed by atoms with E-state index in [0.29, 0.717) is 17.9 Å². The minimum Gasteiger partial charge on any atom is -0.389 e. The second-order valence-corrected chi connectivity index (χ2v) is 7.39. The van der Waals surface area contributed by atoms with Gasteiger partial charge in [0.05, 0.1) is 29.5 Å². The van der Waals surface area contributed by atoms with Crippen molar-refractivity contribution in [3.8, 4) is 0 Å². The summed E-state index contributed by atoms with van der Waals surface area (Å²) < 4.78 is 1.95. The van der Waals surface area contributed by atoms with Gasteiger partial charge in [-0.3, -0.25) is 0 Å². The lowest BCUT2D eigenvalue weighted by atomic mass is 10.0. The SMILES string of the molecule is CC(C)(O)Cn1cnc2c(N)nc3cc(Cc4ccccc4)ccc3c21. The van der Waals surface area contributed by atoms with Crippen LogP contribution in [0.5, 0.6) is 0 Å². The van der Waals surface area contributed by atoms with Crippen LogP contribution in [0.1, 0.15) is 25.0 Å². The van der Waals surface area contributed by atoms with Crippen LogP contribution in [0, 0.1) is 0 Å². The third kappa shape index (κ3) is 3.13. The predicted molar refractivity (Wildman–Crippen MR) is 105 cm³/mol. The molecule has 2 aromatic heterocycles. The van der Waals surface area contributed by atoms with E-state index in [1.165, 1.54) is 11.1 Å². The van der Waals surface area contributed by atoms with E-state index >= 15 is 0 Å². The first-order valence-electron chi connectivity index (χ1n) is 8.70. The first-order valence-corrected chi connectivity index (χ1v) is 8.70. The molecule has 0 fully saturated rings. The minimum atomic E-state index is -0.842. The summed E-state index contributed by atoms with van der Waals surface area (Å²) in [4.78, 5) is 8.96. The van der Waals surface area contributed by atoms with Gasteiger partial charge in [-0.15, -0.1) is 0 Å². The Labute approximate surface area is 152 Å². The number of nitrogens with two attached hydrogens (primary N) is 1. The molecule has 0 aliphatic heterocycles. The van der Waals surface area contributed by atoms with Crippen LogP contribution in [0.15, 0.2) is 54.9 Å². The largest absolute Gasteiger partial charge is 0.389 e.